The predicted molar refractivity (Wildman–Crippen MR) is 132 cm³/mol. The van der Waals surface area contributed by atoms with Gasteiger partial charge in [0.05, 0.1) is 6.10 Å². The van der Waals surface area contributed by atoms with Gasteiger partial charge >= 0.3 is 0 Å². The molecule has 4 aliphatic rings. The summed E-state index contributed by atoms with van der Waals surface area (Å²) in [6.07, 6.45) is 18.7. The van der Waals surface area contributed by atoms with Crippen molar-refractivity contribution in [3.05, 3.63) is 59.8 Å². The first-order valence-electron chi connectivity index (χ1n) is 12.9. The number of aliphatic hydroxyl groups is 1. The molecule has 1 saturated heterocycles. The van der Waals surface area contributed by atoms with Crippen molar-refractivity contribution < 1.29 is 13.9 Å². The van der Waals surface area contributed by atoms with Crippen molar-refractivity contribution in [3.63, 3.8) is 0 Å². The summed E-state index contributed by atoms with van der Waals surface area (Å²) in [7, 11) is 0. The highest BCUT2D eigenvalue weighted by molar-refractivity contribution is 5.37. The quantitative estimate of drug-likeness (QED) is 0.434. The monoisotopic (exact) mass is 457 g/mol. The molecule has 0 spiro atoms. The smallest absolute Gasteiger partial charge is 0.249 e. The molecule has 1 aliphatic heterocycles. The number of aliphatic hydroxyl groups excluding tert-OH is 1. The van der Waals surface area contributed by atoms with Gasteiger partial charge in [0.1, 0.15) is 0 Å². The van der Waals surface area contributed by atoms with Crippen LogP contribution in [0.5, 0.6) is 0 Å². The number of nitrogens with zero attached hydrogens (tertiary/aromatic N) is 1. The fourth-order valence-electron chi connectivity index (χ4n) is 6.72. The van der Waals surface area contributed by atoms with Crippen LogP contribution in [0.15, 0.2) is 59.8 Å². The van der Waals surface area contributed by atoms with Crippen LogP contribution in [0.2, 0.25) is 0 Å². The highest BCUT2D eigenvalue weighted by atomic mass is 19.3. The molecule has 182 valence electrons. The third kappa shape index (κ3) is 5.27. The molecule has 0 bridgehead atoms. The second-order valence-corrected chi connectivity index (χ2v) is 10.9. The first-order chi connectivity index (χ1) is 15.7. The zero-order chi connectivity index (χ0) is 23.6. The largest absolute Gasteiger partial charge is 0.388 e. The maximum absolute atomic E-state index is 13.6. The van der Waals surface area contributed by atoms with Crippen LogP contribution in [0.25, 0.3) is 0 Å². The topological polar surface area (TPSA) is 23.5 Å². The number of halogens is 2. The normalized spacial score (nSPS) is 37.3. The van der Waals surface area contributed by atoms with E-state index < -0.39 is 17.9 Å². The van der Waals surface area contributed by atoms with E-state index in [9.17, 15) is 13.9 Å². The predicted octanol–water partition coefficient (Wildman–Crippen LogP) is 7.00. The van der Waals surface area contributed by atoms with Crippen LogP contribution in [0, 0.1) is 17.3 Å². The van der Waals surface area contributed by atoms with Crippen LogP contribution in [-0.2, 0) is 0 Å². The highest BCUT2D eigenvalue weighted by Crippen LogP contribution is 2.58. The van der Waals surface area contributed by atoms with Crippen LogP contribution < -0.4 is 0 Å². The summed E-state index contributed by atoms with van der Waals surface area (Å²) >= 11 is 0. The SMILES string of the molecule is C=CC12CCC/C(=C\C=C3\CCC(=C)C(O)C3)C1CC/C2=C\CCN1CC[C@@H](C(C)(F)F)C1. The number of alkyl halides is 2. The fraction of sp³-hybridized carbons (Fsp3) is 0.655. The van der Waals surface area contributed by atoms with Gasteiger partial charge in [-0.1, -0.05) is 47.6 Å². The summed E-state index contributed by atoms with van der Waals surface area (Å²) in [4.78, 5) is 2.21. The fourth-order valence-corrected chi connectivity index (χ4v) is 6.72. The van der Waals surface area contributed by atoms with Crippen LogP contribution in [-0.4, -0.2) is 41.7 Å². The average molecular weight is 458 g/mol. The molecule has 33 heavy (non-hydrogen) atoms. The Hall–Kier alpha value is -1.52. The van der Waals surface area contributed by atoms with Crippen molar-refractivity contribution in [1.82, 2.24) is 4.90 Å². The molecule has 0 aromatic heterocycles. The Balaban J connectivity index is 1.41. The lowest BCUT2D eigenvalue weighted by atomic mass is 9.64. The highest BCUT2D eigenvalue weighted by Gasteiger charge is 2.47. The molecular formula is C29H41F2NO. The number of allylic oxidation sites excluding steroid dienone is 5. The molecule has 0 aromatic rings. The summed E-state index contributed by atoms with van der Waals surface area (Å²) in [5.74, 6) is -2.54. The molecular weight excluding hydrogens is 416 g/mol. The number of likely N-dealkylation sites (tertiary alicyclic amines) is 1. The van der Waals surface area contributed by atoms with E-state index in [1.54, 1.807) is 0 Å². The molecule has 4 atom stereocenters. The van der Waals surface area contributed by atoms with Gasteiger partial charge in [-0.25, -0.2) is 8.78 Å². The summed E-state index contributed by atoms with van der Waals surface area (Å²) in [5, 5.41) is 10.1. The summed E-state index contributed by atoms with van der Waals surface area (Å²) in [6.45, 7) is 11.5. The molecule has 1 N–H and O–H groups in total. The minimum absolute atomic E-state index is 0.0624. The van der Waals surface area contributed by atoms with Gasteiger partial charge in [0, 0.05) is 24.4 Å². The standard InChI is InChI=1S/C29H41F2NO/c1-4-29-16-5-7-23(12-11-22-10-9-21(2)27(33)19-22)26(29)14-13-24(29)8-6-17-32-18-15-25(20-32)28(3,30)31/h4,8,11-12,25-27,33H,1-2,5-7,9-10,13-20H2,3H3/b22-11-,23-12+,24-8+/t25-,26?,27?,29?/m1/s1. The molecule has 4 heteroatoms. The third-order valence-electron chi connectivity index (χ3n) is 8.84. The van der Waals surface area contributed by atoms with Gasteiger partial charge in [-0.15, -0.1) is 6.58 Å². The number of hydrogen-bond donors (Lipinski definition) is 1. The third-order valence-corrected chi connectivity index (χ3v) is 8.84. The van der Waals surface area contributed by atoms with Gasteiger partial charge in [-0.3, -0.25) is 0 Å². The molecule has 3 unspecified atom stereocenters. The first-order valence-corrected chi connectivity index (χ1v) is 12.9. The minimum atomic E-state index is -2.57. The van der Waals surface area contributed by atoms with Crippen molar-refractivity contribution in [2.24, 2.45) is 17.3 Å². The van der Waals surface area contributed by atoms with Crippen LogP contribution in [0.4, 0.5) is 8.78 Å². The van der Waals surface area contributed by atoms with E-state index in [0.717, 1.165) is 64.1 Å². The molecule has 0 radical (unpaired) electrons. The summed E-state index contributed by atoms with van der Waals surface area (Å²) in [5.41, 5.74) is 5.40. The lowest BCUT2D eigenvalue weighted by Crippen LogP contribution is -2.30. The average Bonchev–Trinajstić information content (AvgIpc) is 3.40. The van der Waals surface area contributed by atoms with Gasteiger partial charge in [-0.05, 0) is 89.2 Å². The van der Waals surface area contributed by atoms with Gasteiger partial charge in [0.2, 0.25) is 5.92 Å². The van der Waals surface area contributed by atoms with Gasteiger partial charge < -0.3 is 10.0 Å². The van der Waals surface area contributed by atoms with E-state index >= 15 is 0 Å². The molecule has 3 saturated carbocycles. The van der Waals surface area contributed by atoms with E-state index in [-0.39, 0.29) is 5.41 Å². The van der Waals surface area contributed by atoms with Gasteiger partial charge in [-0.2, -0.15) is 0 Å². The number of hydrogen-bond acceptors (Lipinski definition) is 2. The first kappa shape index (κ1) is 24.6. The van der Waals surface area contributed by atoms with E-state index in [2.05, 4.69) is 42.4 Å². The molecule has 2 nitrogen and oxygen atoms in total. The second kappa shape index (κ2) is 10.00. The molecule has 0 amide bonds. The van der Waals surface area contributed by atoms with E-state index in [1.807, 2.05) is 0 Å². The zero-order valence-corrected chi connectivity index (χ0v) is 20.3. The molecule has 1 heterocycles. The maximum Gasteiger partial charge on any atom is 0.249 e. The zero-order valence-electron chi connectivity index (χ0n) is 20.3. The van der Waals surface area contributed by atoms with E-state index in [1.165, 1.54) is 29.6 Å². The van der Waals surface area contributed by atoms with E-state index in [4.69, 9.17) is 0 Å². The van der Waals surface area contributed by atoms with Crippen molar-refractivity contribution in [2.45, 2.75) is 83.2 Å². The Kier molecular flexibility index (Phi) is 7.45. The van der Waals surface area contributed by atoms with Gasteiger partial charge in [0.15, 0.2) is 0 Å². The summed E-state index contributed by atoms with van der Waals surface area (Å²) < 4.78 is 27.3. The van der Waals surface area contributed by atoms with Gasteiger partial charge in [0.25, 0.3) is 0 Å². The van der Waals surface area contributed by atoms with Crippen LogP contribution in [0.1, 0.15) is 71.1 Å². The molecule has 4 rings (SSSR count). The van der Waals surface area contributed by atoms with Crippen molar-refractivity contribution >= 4 is 0 Å². The number of rotatable bonds is 6. The Morgan fingerprint density at radius 1 is 1.18 bits per heavy atom. The van der Waals surface area contributed by atoms with Crippen LogP contribution >= 0.6 is 0 Å². The lowest BCUT2D eigenvalue weighted by Gasteiger charge is -2.40. The maximum atomic E-state index is 13.6. The summed E-state index contributed by atoms with van der Waals surface area (Å²) in [6, 6.07) is 0. The lowest BCUT2D eigenvalue weighted by molar-refractivity contribution is -0.0350. The molecule has 0 aromatic carbocycles. The Morgan fingerprint density at radius 2 is 2.00 bits per heavy atom. The minimum Gasteiger partial charge on any atom is -0.388 e. The Bertz CT molecular complexity index is 848. The van der Waals surface area contributed by atoms with E-state index in [0.29, 0.717) is 25.3 Å². The Morgan fingerprint density at radius 3 is 2.70 bits per heavy atom. The van der Waals surface area contributed by atoms with Crippen LogP contribution in [0.3, 0.4) is 0 Å². The molecule has 3 aliphatic carbocycles. The Labute approximate surface area is 198 Å². The van der Waals surface area contributed by atoms with Crippen molar-refractivity contribution in [3.8, 4) is 0 Å². The second-order valence-electron chi connectivity index (χ2n) is 10.9. The molecule has 4 fully saturated rings. The van der Waals surface area contributed by atoms with Crippen molar-refractivity contribution in [2.75, 3.05) is 19.6 Å². The van der Waals surface area contributed by atoms with Crippen molar-refractivity contribution in [1.29, 1.82) is 0 Å². The number of fused-ring (bicyclic) bond motifs is 1.